The molecule has 25 aromatic rings. The van der Waals surface area contributed by atoms with Gasteiger partial charge in [0.05, 0.1) is 28.4 Å². The summed E-state index contributed by atoms with van der Waals surface area (Å²) in [7, 11) is 0. The van der Waals surface area contributed by atoms with Gasteiger partial charge in [-0.2, -0.15) is 0 Å². The lowest BCUT2D eigenvalue weighted by Crippen LogP contribution is -2.13. The molecule has 27 rings (SSSR count). The Bertz CT molecular complexity index is 9030. The average molecular weight is 1790 g/mol. The van der Waals surface area contributed by atoms with Crippen molar-refractivity contribution in [2.75, 3.05) is 19.6 Å². The number of nitrogens with zero attached hydrogens (tertiary/aromatic N) is 4. The van der Waals surface area contributed by atoms with Crippen molar-refractivity contribution in [2.24, 2.45) is 0 Å². The Kier molecular flexibility index (Phi) is 20.3. The summed E-state index contributed by atoms with van der Waals surface area (Å²) in [5.41, 5.74) is 28.1. The van der Waals surface area contributed by atoms with Gasteiger partial charge in [0.2, 0.25) is 0 Å². The maximum atomic E-state index is 17.1. The van der Waals surface area contributed by atoms with E-state index in [9.17, 15) is 0 Å². The molecule has 0 radical (unpaired) electrons. The molecule has 0 unspecified atom stereocenters. The molecule has 0 aliphatic carbocycles. The smallest absolute Gasteiger partial charge is 0.159 e. The number of fused-ring (bicyclic) bond motifs is 15. The van der Waals surface area contributed by atoms with Crippen LogP contribution in [0.5, 0.6) is 23.0 Å². The van der Waals surface area contributed by atoms with Crippen molar-refractivity contribution in [1.29, 1.82) is 0 Å². The quantitative estimate of drug-likeness (QED) is 0.0842. The summed E-state index contributed by atoms with van der Waals surface area (Å²) in [4.78, 5) is 9.10. The van der Waals surface area contributed by atoms with Crippen molar-refractivity contribution >= 4 is 155 Å². The number of hydrogen-bond acceptors (Lipinski definition) is 7. The Morgan fingerprint density at radius 2 is 0.507 bits per heavy atom. The minimum Gasteiger partial charge on any atom is -0.456 e. The van der Waals surface area contributed by atoms with Crippen LogP contribution in [-0.2, 0) is 0 Å². The topological polar surface area (TPSA) is 44.6 Å². The van der Waals surface area contributed by atoms with Crippen LogP contribution in [0.3, 0.4) is 0 Å². The van der Waals surface area contributed by atoms with Crippen molar-refractivity contribution in [3.8, 4) is 101 Å². The lowest BCUT2D eigenvalue weighted by atomic mass is 9.87. The van der Waals surface area contributed by atoms with Crippen molar-refractivity contribution in [2.45, 2.75) is 0 Å². The van der Waals surface area contributed by atoms with Gasteiger partial charge in [0.1, 0.15) is 34.4 Å². The van der Waals surface area contributed by atoms with Crippen molar-refractivity contribution < 1.29 is 18.3 Å². The summed E-state index contributed by atoms with van der Waals surface area (Å²) in [5.74, 6) is 3.04. The lowest BCUT2D eigenvalue weighted by Gasteiger charge is -2.29. The second-order valence-electron chi connectivity index (χ2n) is 35.7. The molecule has 0 atom stereocenters. The Labute approximate surface area is 809 Å². The van der Waals surface area contributed by atoms with Gasteiger partial charge in [-0.15, -0.1) is 0 Å². The van der Waals surface area contributed by atoms with Gasteiger partial charge >= 0.3 is 0 Å². The molecular weight excluding hydrogens is 1710 g/mol. The number of para-hydroxylation sites is 8. The van der Waals surface area contributed by atoms with Crippen molar-refractivity contribution in [1.82, 2.24) is 0 Å². The molecule has 0 bridgehead atoms. The lowest BCUT2D eigenvalue weighted by molar-refractivity contribution is 0.487. The third-order valence-corrected chi connectivity index (χ3v) is 27.7. The van der Waals surface area contributed by atoms with Gasteiger partial charge in [-0.1, -0.05) is 340 Å². The number of rotatable bonds is 17. The summed E-state index contributed by atoms with van der Waals surface area (Å²) in [5, 5.41) is 16.2. The average Bonchev–Trinajstić information content (AvgIpc) is 0.807. The van der Waals surface area contributed by atoms with Crippen LogP contribution in [0.2, 0.25) is 0 Å². The van der Waals surface area contributed by atoms with Crippen LogP contribution in [-0.4, -0.2) is 0 Å². The third-order valence-electron chi connectivity index (χ3n) is 27.7. The molecule has 2 aliphatic rings. The highest BCUT2D eigenvalue weighted by atomic mass is 19.1. The van der Waals surface area contributed by atoms with Gasteiger partial charge in [-0.05, 0) is 275 Å². The molecule has 1 aromatic heterocycles. The summed E-state index contributed by atoms with van der Waals surface area (Å²) < 4.78 is 37.6. The molecule has 24 aromatic carbocycles. The second-order valence-corrected chi connectivity index (χ2v) is 35.7. The SMILES string of the molecule is Fc1cc(-c2ccccc2)cc(-c2ccccc2)c1N(c1ccccc1)c1ccc(-c2ccc3c(c2)Oc2cccc4c2c-3cc2c3ccccc3c(N(c3ccccc3)c3ccccc3)cc42)cc1.c1ccc(-c2ccccc2N(c2ccc(-c3ccc4c(c3)Oc3cccc5c3c-4cc3c4ccccc4c(N(c4ccccc4)c4ccccc4)cc53)cc2)c2cccc3c2oc2ccccc23)cc1. The minimum absolute atomic E-state index is 0.308. The highest BCUT2D eigenvalue weighted by molar-refractivity contribution is 6.28. The number of ether oxygens (including phenoxy) is 2. The molecule has 0 amide bonds. The Balaban J connectivity index is 0.000000144. The van der Waals surface area contributed by atoms with Crippen LogP contribution in [0.25, 0.3) is 164 Å². The molecule has 0 saturated carbocycles. The van der Waals surface area contributed by atoms with Gasteiger partial charge in [0.15, 0.2) is 5.58 Å². The second kappa shape index (κ2) is 34.7. The Hall–Kier alpha value is -18.6. The van der Waals surface area contributed by atoms with Crippen LogP contribution in [0.1, 0.15) is 0 Å². The molecule has 140 heavy (non-hydrogen) atoms. The van der Waals surface area contributed by atoms with E-state index >= 15 is 4.39 Å². The fourth-order valence-electron chi connectivity index (χ4n) is 21.3. The van der Waals surface area contributed by atoms with Crippen molar-refractivity contribution in [3.05, 3.63) is 521 Å². The predicted octanol–water partition coefficient (Wildman–Crippen LogP) is 38.1. The maximum Gasteiger partial charge on any atom is 0.159 e. The van der Waals surface area contributed by atoms with Gasteiger partial charge in [0, 0.05) is 94.4 Å². The Morgan fingerprint density at radius 3 is 0.986 bits per heavy atom. The third kappa shape index (κ3) is 14.4. The summed E-state index contributed by atoms with van der Waals surface area (Å²) in [6, 6.07) is 181. The van der Waals surface area contributed by atoms with Gasteiger partial charge < -0.3 is 33.5 Å². The standard InChI is InChI=1S/C66H43FN2O.C66H42N2O2/c67-61-40-48(44-19-6-1-7-20-44)39-57(46-21-8-2-9-22-46)66(61)69(51-27-14-5-15-28-51)52-36-33-45(34-37-52)47-35-38-55-60-42-58-53-29-16-17-30-54(53)62(68(49-23-10-3-11-24-49)50-25-12-4-13-26-50)43-59(58)56-31-18-32-63(65(56)60)70-64(55)41-47;1-4-18-44(19-5-1)49-24-12-14-30-59(49)68(60-31-16-29-55-52-27-13-15-32-62(52)70-66(55)60)48-37-34-43(35-38-48)45-36-39-53-58-41-56-50-25-10-11-26-51(50)61(67(46-20-6-2-7-21-46)47-22-8-3-9-23-47)42-57(56)54-28-17-33-63(65(54)58)69-64(53)40-45/h1-43H;1-42H. The molecule has 2 aliphatic heterocycles. The molecule has 0 N–H and O–H groups in total. The zero-order chi connectivity index (χ0) is 92.7. The molecule has 0 fully saturated rings. The molecule has 0 saturated heterocycles. The minimum atomic E-state index is -0.308. The van der Waals surface area contributed by atoms with E-state index in [-0.39, 0.29) is 5.82 Å². The fourth-order valence-corrected chi connectivity index (χ4v) is 21.3. The van der Waals surface area contributed by atoms with Crippen LogP contribution < -0.4 is 29.1 Å². The predicted molar refractivity (Wildman–Crippen MR) is 582 cm³/mol. The fraction of sp³-hybridized carbons (Fsp3) is 0. The van der Waals surface area contributed by atoms with E-state index in [0.29, 0.717) is 5.69 Å². The first-order valence-electron chi connectivity index (χ1n) is 47.5. The summed E-state index contributed by atoms with van der Waals surface area (Å²) >= 11 is 0. The maximum absolute atomic E-state index is 17.1. The first kappa shape index (κ1) is 82.1. The first-order valence-corrected chi connectivity index (χ1v) is 47.5. The van der Waals surface area contributed by atoms with Gasteiger partial charge in [0.25, 0.3) is 0 Å². The van der Waals surface area contributed by atoms with Crippen LogP contribution >= 0.6 is 0 Å². The first-order chi connectivity index (χ1) is 69.4. The number of furan rings is 1. The highest BCUT2D eigenvalue weighted by Gasteiger charge is 2.31. The van der Waals surface area contributed by atoms with Gasteiger partial charge in [-0.3, -0.25) is 0 Å². The zero-order valence-corrected chi connectivity index (χ0v) is 76.0. The number of anilines is 12. The van der Waals surface area contributed by atoms with Gasteiger partial charge in [-0.25, -0.2) is 4.39 Å². The van der Waals surface area contributed by atoms with E-state index in [4.69, 9.17) is 13.9 Å². The largest absolute Gasteiger partial charge is 0.456 e. The number of halogens is 1. The molecule has 3 heterocycles. The summed E-state index contributed by atoms with van der Waals surface area (Å²) in [6.07, 6.45) is 0. The zero-order valence-electron chi connectivity index (χ0n) is 76.0. The van der Waals surface area contributed by atoms with E-state index in [0.717, 1.165) is 196 Å². The summed E-state index contributed by atoms with van der Waals surface area (Å²) in [6.45, 7) is 0. The molecule has 0 spiro atoms. The van der Waals surface area contributed by atoms with E-state index in [2.05, 4.69) is 421 Å². The Morgan fingerprint density at radius 1 is 0.164 bits per heavy atom. The highest BCUT2D eigenvalue weighted by Crippen LogP contribution is 2.57. The van der Waals surface area contributed by atoms with Crippen LogP contribution in [0.4, 0.5) is 72.6 Å². The molecule has 658 valence electrons. The number of benzene rings is 24. The molecule has 8 heteroatoms. The van der Waals surface area contributed by atoms with E-state index in [1.54, 1.807) is 6.07 Å². The van der Waals surface area contributed by atoms with Crippen molar-refractivity contribution in [3.63, 3.8) is 0 Å². The monoisotopic (exact) mass is 1790 g/mol. The normalized spacial score (nSPS) is 11.7. The number of hydrogen-bond donors (Lipinski definition) is 0. The van der Waals surface area contributed by atoms with E-state index in [1.165, 1.54) is 54.0 Å². The van der Waals surface area contributed by atoms with E-state index in [1.807, 2.05) is 108 Å². The van der Waals surface area contributed by atoms with Crippen LogP contribution in [0.15, 0.2) is 520 Å². The van der Waals surface area contributed by atoms with E-state index < -0.39 is 0 Å². The van der Waals surface area contributed by atoms with Crippen LogP contribution in [0, 0.1) is 5.82 Å². The molecule has 7 nitrogen and oxygen atoms in total. The molecular formula is C132H85FN4O3.